The first-order chi connectivity index (χ1) is 7.74. The van der Waals surface area contributed by atoms with Crippen molar-refractivity contribution in [1.82, 2.24) is 15.1 Å². The van der Waals surface area contributed by atoms with E-state index in [9.17, 15) is 0 Å². The molecule has 0 radical (unpaired) electrons. The average Bonchev–Trinajstić information content (AvgIpc) is 2.66. The molecule has 0 fully saturated rings. The number of aryl methyl sites for hydroxylation is 1. The molecule has 1 N–H and O–H groups in total. The molecule has 1 atom stereocenters. The first kappa shape index (κ1) is 13.0. The van der Waals surface area contributed by atoms with Crippen LogP contribution < -0.4 is 10.1 Å². The fourth-order valence-electron chi connectivity index (χ4n) is 1.70. The smallest absolute Gasteiger partial charge is 0.161 e. The highest BCUT2D eigenvalue weighted by atomic mass is 16.5. The number of aromatic nitrogens is 2. The van der Waals surface area contributed by atoms with Crippen LogP contribution in [0.2, 0.25) is 0 Å². The molecular weight excluding hydrogens is 206 g/mol. The molecule has 1 unspecified atom stereocenters. The summed E-state index contributed by atoms with van der Waals surface area (Å²) in [6, 6.07) is 0.118. The summed E-state index contributed by atoms with van der Waals surface area (Å²) in [5.41, 5.74) is 1.03. The van der Waals surface area contributed by atoms with Crippen LogP contribution in [0.1, 0.15) is 25.1 Å². The second kappa shape index (κ2) is 6.50. The van der Waals surface area contributed by atoms with Gasteiger partial charge in [0.2, 0.25) is 0 Å². The first-order valence-electron chi connectivity index (χ1n) is 5.52. The summed E-state index contributed by atoms with van der Waals surface area (Å²) in [6.07, 6.45) is 2.81. The summed E-state index contributed by atoms with van der Waals surface area (Å²) >= 11 is 0. The van der Waals surface area contributed by atoms with Gasteiger partial charge in [0.25, 0.3) is 0 Å². The normalized spacial score (nSPS) is 12.8. The van der Waals surface area contributed by atoms with E-state index in [1.807, 2.05) is 11.7 Å². The Morgan fingerprint density at radius 2 is 2.25 bits per heavy atom. The SMILES string of the molecule is CCCNC(COC)c1c(OC)cnn1C. The Bertz CT molecular complexity index is 312. The fourth-order valence-corrected chi connectivity index (χ4v) is 1.70. The lowest BCUT2D eigenvalue weighted by Gasteiger charge is -2.19. The molecule has 0 aromatic carbocycles. The van der Waals surface area contributed by atoms with Crippen molar-refractivity contribution in [2.75, 3.05) is 27.4 Å². The van der Waals surface area contributed by atoms with Gasteiger partial charge in [0, 0.05) is 14.2 Å². The zero-order valence-corrected chi connectivity index (χ0v) is 10.5. The Labute approximate surface area is 96.7 Å². The van der Waals surface area contributed by atoms with E-state index in [1.54, 1.807) is 20.4 Å². The van der Waals surface area contributed by atoms with E-state index in [1.165, 1.54) is 0 Å². The molecular formula is C11H21N3O2. The third-order valence-electron chi connectivity index (χ3n) is 2.47. The van der Waals surface area contributed by atoms with E-state index in [-0.39, 0.29) is 6.04 Å². The fraction of sp³-hybridized carbons (Fsp3) is 0.727. The van der Waals surface area contributed by atoms with E-state index < -0.39 is 0 Å². The van der Waals surface area contributed by atoms with Crippen LogP contribution >= 0.6 is 0 Å². The van der Waals surface area contributed by atoms with Gasteiger partial charge in [0.1, 0.15) is 0 Å². The Kier molecular flexibility index (Phi) is 5.28. The third kappa shape index (κ3) is 2.96. The molecule has 5 nitrogen and oxygen atoms in total. The molecule has 92 valence electrons. The maximum Gasteiger partial charge on any atom is 0.161 e. The van der Waals surface area contributed by atoms with Crippen molar-refractivity contribution in [3.8, 4) is 5.75 Å². The Hall–Kier alpha value is -1.07. The molecule has 0 amide bonds. The predicted molar refractivity (Wildman–Crippen MR) is 62.7 cm³/mol. The van der Waals surface area contributed by atoms with Gasteiger partial charge in [-0.05, 0) is 13.0 Å². The van der Waals surface area contributed by atoms with Crippen LogP contribution in [-0.4, -0.2) is 37.2 Å². The summed E-state index contributed by atoms with van der Waals surface area (Å²) in [5.74, 6) is 0.799. The summed E-state index contributed by atoms with van der Waals surface area (Å²) in [7, 11) is 5.27. The van der Waals surface area contributed by atoms with Crippen LogP contribution in [0.25, 0.3) is 0 Å². The number of nitrogens with one attached hydrogen (secondary N) is 1. The van der Waals surface area contributed by atoms with E-state index in [4.69, 9.17) is 9.47 Å². The lowest BCUT2D eigenvalue weighted by atomic mass is 10.2. The highest BCUT2D eigenvalue weighted by molar-refractivity contribution is 5.28. The van der Waals surface area contributed by atoms with Gasteiger partial charge in [-0.1, -0.05) is 6.92 Å². The van der Waals surface area contributed by atoms with Gasteiger partial charge in [-0.3, -0.25) is 4.68 Å². The van der Waals surface area contributed by atoms with Crippen LogP contribution in [-0.2, 0) is 11.8 Å². The first-order valence-corrected chi connectivity index (χ1v) is 5.52. The van der Waals surface area contributed by atoms with Gasteiger partial charge in [-0.25, -0.2) is 0 Å². The molecule has 0 bridgehead atoms. The molecule has 5 heteroatoms. The van der Waals surface area contributed by atoms with E-state index in [0.29, 0.717) is 6.61 Å². The maximum atomic E-state index is 5.29. The van der Waals surface area contributed by atoms with Crippen LogP contribution in [0.15, 0.2) is 6.20 Å². The number of nitrogens with zero attached hydrogens (tertiary/aromatic N) is 2. The molecule has 1 aromatic rings. The van der Waals surface area contributed by atoms with Crippen molar-refractivity contribution in [2.24, 2.45) is 7.05 Å². The van der Waals surface area contributed by atoms with Gasteiger partial charge in [0.05, 0.1) is 31.6 Å². The van der Waals surface area contributed by atoms with Gasteiger partial charge in [0.15, 0.2) is 5.75 Å². The van der Waals surface area contributed by atoms with Crippen LogP contribution in [0.3, 0.4) is 0 Å². The predicted octanol–water partition coefficient (Wildman–Crippen LogP) is 1.12. The number of methoxy groups -OCH3 is 2. The molecule has 0 aliphatic carbocycles. The second-order valence-corrected chi connectivity index (χ2v) is 3.68. The zero-order chi connectivity index (χ0) is 12.0. The Balaban J connectivity index is 2.85. The number of hydrogen-bond donors (Lipinski definition) is 1. The molecule has 1 aromatic heterocycles. The second-order valence-electron chi connectivity index (χ2n) is 3.68. The van der Waals surface area contributed by atoms with Crippen LogP contribution in [0, 0.1) is 0 Å². The van der Waals surface area contributed by atoms with Crippen molar-refractivity contribution in [3.63, 3.8) is 0 Å². The van der Waals surface area contributed by atoms with Gasteiger partial charge in [-0.2, -0.15) is 5.10 Å². The van der Waals surface area contributed by atoms with Crippen molar-refractivity contribution in [1.29, 1.82) is 0 Å². The molecule has 0 saturated carbocycles. The van der Waals surface area contributed by atoms with Gasteiger partial charge in [-0.15, -0.1) is 0 Å². The highest BCUT2D eigenvalue weighted by Gasteiger charge is 2.19. The number of rotatable bonds is 7. The quantitative estimate of drug-likeness (QED) is 0.758. The van der Waals surface area contributed by atoms with Crippen molar-refractivity contribution < 1.29 is 9.47 Å². The summed E-state index contributed by atoms with van der Waals surface area (Å²) in [5, 5.41) is 7.62. The third-order valence-corrected chi connectivity index (χ3v) is 2.47. The minimum absolute atomic E-state index is 0.118. The lowest BCUT2D eigenvalue weighted by molar-refractivity contribution is 0.162. The lowest BCUT2D eigenvalue weighted by Crippen LogP contribution is -2.28. The van der Waals surface area contributed by atoms with Crippen molar-refractivity contribution in [2.45, 2.75) is 19.4 Å². The average molecular weight is 227 g/mol. The molecule has 0 saturated heterocycles. The van der Waals surface area contributed by atoms with E-state index in [2.05, 4.69) is 17.3 Å². The molecule has 0 aliphatic rings. The minimum atomic E-state index is 0.118. The Morgan fingerprint density at radius 1 is 1.50 bits per heavy atom. The van der Waals surface area contributed by atoms with Crippen LogP contribution in [0.4, 0.5) is 0 Å². The minimum Gasteiger partial charge on any atom is -0.493 e. The monoisotopic (exact) mass is 227 g/mol. The molecule has 1 rings (SSSR count). The summed E-state index contributed by atoms with van der Waals surface area (Å²) in [4.78, 5) is 0. The topological polar surface area (TPSA) is 48.3 Å². The largest absolute Gasteiger partial charge is 0.493 e. The van der Waals surface area contributed by atoms with Crippen molar-refractivity contribution >= 4 is 0 Å². The van der Waals surface area contributed by atoms with Crippen LogP contribution in [0.5, 0.6) is 5.75 Å². The van der Waals surface area contributed by atoms with Gasteiger partial charge < -0.3 is 14.8 Å². The standard InChI is InChI=1S/C11H21N3O2/c1-5-6-12-9(8-15-3)11-10(16-4)7-13-14(11)2/h7,9,12H,5-6,8H2,1-4H3. The number of ether oxygens (including phenoxy) is 2. The molecule has 16 heavy (non-hydrogen) atoms. The zero-order valence-electron chi connectivity index (χ0n) is 10.5. The highest BCUT2D eigenvalue weighted by Crippen LogP contribution is 2.24. The summed E-state index contributed by atoms with van der Waals surface area (Å²) < 4.78 is 12.3. The molecule has 0 aliphatic heterocycles. The van der Waals surface area contributed by atoms with Crippen molar-refractivity contribution in [3.05, 3.63) is 11.9 Å². The number of hydrogen-bond acceptors (Lipinski definition) is 4. The molecule has 0 spiro atoms. The molecule has 1 heterocycles. The van der Waals surface area contributed by atoms with E-state index in [0.717, 1.165) is 24.4 Å². The summed E-state index contributed by atoms with van der Waals surface area (Å²) in [6.45, 7) is 3.69. The Morgan fingerprint density at radius 3 is 2.81 bits per heavy atom. The van der Waals surface area contributed by atoms with Gasteiger partial charge >= 0.3 is 0 Å². The van der Waals surface area contributed by atoms with E-state index >= 15 is 0 Å². The maximum absolute atomic E-state index is 5.29.